The van der Waals surface area contributed by atoms with Gasteiger partial charge in [0.2, 0.25) is 0 Å². The lowest BCUT2D eigenvalue weighted by Crippen LogP contribution is -2.36. The Morgan fingerprint density at radius 1 is 1.45 bits per heavy atom. The van der Waals surface area contributed by atoms with Crippen molar-refractivity contribution in [3.63, 3.8) is 0 Å². The molecule has 1 amide bonds. The first-order valence-corrected chi connectivity index (χ1v) is 7.76. The number of rotatable bonds is 4. The average Bonchev–Trinajstić information content (AvgIpc) is 2.86. The molecule has 1 saturated heterocycles. The number of benzene rings is 1. The maximum Gasteiger partial charge on any atom is 0.410 e. The van der Waals surface area contributed by atoms with Crippen LogP contribution in [0.1, 0.15) is 32.8 Å². The normalized spacial score (nSPS) is 18.5. The lowest BCUT2D eigenvalue weighted by Gasteiger charge is -2.24. The lowest BCUT2D eigenvalue weighted by molar-refractivity contribution is 0.0288. The van der Waals surface area contributed by atoms with Crippen LogP contribution in [0.15, 0.2) is 24.3 Å². The number of hydrogen-bond acceptors (Lipinski definition) is 3. The standard InChI is InChI=1S/C17H25FN2O2/c1-17(2,3)22-16(21)20-8-7-14(12-20)11-19-10-13-5-4-6-15(18)9-13/h4-6,9,14,19H,7-8,10-12H2,1-3H3/t14-/m1/s1. The van der Waals surface area contributed by atoms with E-state index in [2.05, 4.69) is 5.32 Å². The third-order valence-electron chi connectivity index (χ3n) is 3.59. The van der Waals surface area contributed by atoms with Crippen LogP contribution in [0.4, 0.5) is 9.18 Å². The van der Waals surface area contributed by atoms with E-state index < -0.39 is 5.60 Å². The van der Waals surface area contributed by atoms with Crippen LogP contribution in [0.3, 0.4) is 0 Å². The Bertz CT molecular complexity index is 514. The van der Waals surface area contributed by atoms with Gasteiger partial charge in [0, 0.05) is 26.2 Å². The molecule has 1 aliphatic rings. The van der Waals surface area contributed by atoms with Gasteiger partial charge < -0.3 is 15.0 Å². The van der Waals surface area contributed by atoms with Crippen LogP contribution in [0.25, 0.3) is 0 Å². The number of ether oxygens (including phenoxy) is 1. The summed E-state index contributed by atoms with van der Waals surface area (Å²) in [4.78, 5) is 13.7. The summed E-state index contributed by atoms with van der Waals surface area (Å²) in [5.41, 5.74) is 0.479. The predicted molar refractivity (Wildman–Crippen MR) is 84.0 cm³/mol. The molecule has 0 aromatic heterocycles. The van der Waals surface area contributed by atoms with E-state index in [0.29, 0.717) is 19.0 Å². The minimum absolute atomic E-state index is 0.212. The van der Waals surface area contributed by atoms with Crippen LogP contribution in [0.5, 0.6) is 0 Å². The van der Waals surface area contributed by atoms with Crippen LogP contribution in [-0.2, 0) is 11.3 Å². The molecule has 5 heteroatoms. The molecule has 2 rings (SSSR count). The van der Waals surface area contributed by atoms with Crippen molar-refractivity contribution in [1.82, 2.24) is 10.2 Å². The van der Waals surface area contributed by atoms with Crippen molar-refractivity contribution in [1.29, 1.82) is 0 Å². The third-order valence-corrected chi connectivity index (χ3v) is 3.59. The van der Waals surface area contributed by atoms with Gasteiger partial charge in [0.25, 0.3) is 0 Å². The molecule has 0 bridgehead atoms. The van der Waals surface area contributed by atoms with Gasteiger partial charge in [-0.1, -0.05) is 12.1 Å². The van der Waals surface area contributed by atoms with E-state index in [-0.39, 0.29) is 11.9 Å². The Morgan fingerprint density at radius 3 is 2.91 bits per heavy atom. The van der Waals surface area contributed by atoms with Crippen LogP contribution >= 0.6 is 0 Å². The van der Waals surface area contributed by atoms with Gasteiger partial charge in [-0.25, -0.2) is 9.18 Å². The fourth-order valence-corrected chi connectivity index (χ4v) is 2.56. The monoisotopic (exact) mass is 308 g/mol. The summed E-state index contributed by atoms with van der Waals surface area (Å²) in [5, 5.41) is 3.33. The van der Waals surface area contributed by atoms with E-state index in [1.54, 1.807) is 11.0 Å². The number of nitrogens with one attached hydrogen (secondary N) is 1. The molecule has 1 N–H and O–H groups in total. The van der Waals surface area contributed by atoms with Gasteiger partial charge in [0.15, 0.2) is 0 Å². The minimum Gasteiger partial charge on any atom is -0.444 e. The molecule has 0 aliphatic carbocycles. The predicted octanol–water partition coefficient (Wildman–Crippen LogP) is 3.17. The number of hydrogen-bond donors (Lipinski definition) is 1. The molecule has 1 aliphatic heterocycles. The Morgan fingerprint density at radius 2 is 2.23 bits per heavy atom. The summed E-state index contributed by atoms with van der Waals surface area (Å²) in [7, 11) is 0. The Labute approximate surface area is 131 Å². The van der Waals surface area contributed by atoms with Crippen molar-refractivity contribution in [2.75, 3.05) is 19.6 Å². The summed E-state index contributed by atoms with van der Waals surface area (Å²) in [6.45, 7) is 8.53. The topological polar surface area (TPSA) is 41.6 Å². The van der Waals surface area contributed by atoms with Gasteiger partial charge in [0.05, 0.1) is 0 Å². The lowest BCUT2D eigenvalue weighted by atomic mass is 10.1. The van der Waals surface area contributed by atoms with E-state index in [0.717, 1.165) is 25.1 Å². The summed E-state index contributed by atoms with van der Waals surface area (Å²) in [6, 6.07) is 6.59. The minimum atomic E-state index is -0.454. The third kappa shape index (κ3) is 5.30. The summed E-state index contributed by atoms with van der Waals surface area (Å²) >= 11 is 0. The smallest absolute Gasteiger partial charge is 0.410 e. The highest BCUT2D eigenvalue weighted by molar-refractivity contribution is 5.68. The van der Waals surface area contributed by atoms with Gasteiger partial charge in [-0.3, -0.25) is 0 Å². The molecule has 1 atom stereocenters. The number of carbonyl (C=O) groups is 1. The number of likely N-dealkylation sites (tertiary alicyclic amines) is 1. The number of amides is 1. The van der Waals surface area contributed by atoms with Gasteiger partial charge >= 0.3 is 6.09 Å². The molecule has 1 aromatic rings. The van der Waals surface area contributed by atoms with Crippen LogP contribution in [-0.4, -0.2) is 36.2 Å². The zero-order valence-corrected chi connectivity index (χ0v) is 13.6. The molecule has 1 fully saturated rings. The second kappa shape index (κ2) is 7.09. The van der Waals surface area contributed by atoms with Crippen LogP contribution in [0, 0.1) is 11.7 Å². The molecule has 122 valence electrons. The SMILES string of the molecule is CC(C)(C)OC(=O)N1CC[C@H](CNCc2cccc(F)c2)C1. The van der Waals surface area contributed by atoms with Crippen molar-refractivity contribution >= 4 is 6.09 Å². The first-order valence-electron chi connectivity index (χ1n) is 7.76. The first-order chi connectivity index (χ1) is 10.3. The van der Waals surface area contributed by atoms with Crippen LogP contribution in [0.2, 0.25) is 0 Å². The van der Waals surface area contributed by atoms with E-state index in [1.165, 1.54) is 12.1 Å². The number of carbonyl (C=O) groups excluding carboxylic acids is 1. The molecule has 0 saturated carbocycles. The van der Waals surface area contributed by atoms with Crippen molar-refractivity contribution in [2.24, 2.45) is 5.92 Å². The molecule has 4 nitrogen and oxygen atoms in total. The summed E-state index contributed by atoms with van der Waals surface area (Å²) in [5.74, 6) is 0.206. The number of halogens is 1. The zero-order valence-electron chi connectivity index (χ0n) is 13.6. The van der Waals surface area contributed by atoms with Gasteiger partial charge in [0.1, 0.15) is 11.4 Å². The van der Waals surface area contributed by atoms with Gasteiger partial charge in [-0.05, 0) is 50.8 Å². The van der Waals surface area contributed by atoms with Gasteiger partial charge in [-0.2, -0.15) is 0 Å². The molecule has 22 heavy (non-hydrogen) atoms. The average molecular weight is 308 g/mol. The summed E-state index contributed by atoms with van der Waals surface area (Å²) in [6.07, 6.45) is 0.732. The van der Waals surface area contributed by atoms with Gasteiger partial charge in [-0.15, -0.1) is 0 Å². The molecular formula is C17H25FN2O2. The maximum absolute atomic E-state index is 13.1. The molecule has 1 heterocycles. The van der Waals surface area contributed by atoms with E-state index >= 15 is 0 Å². The molecular weight excluding hydrogens is 283 g/mol. The van der Waals surface area contributed by atoms with Crippen molar-refractivity contribution in [2.45, 2.75) is 39.3 Å². The second-order valence-electron chi connectivity index (χ2n) is 6.84. The van der Waals surface area contributed by atoms with E-state index in [9.17, 15) is 9.18 Å². The van der Waals surface area contributed by atoms with E-state index in [1.807, 2.05) is 26.8 Å². The Hall–Kier alpha value is -1.62. The van der Waals surface area contributed by atoms with Crippen molar-refractivity contribution < 1.29 is 13.9 Å². The fraction of sp³-hybridized carbons (Fsp3) is 0.588. The molecule has 0 unspecified atom stereocenters. The first kappa shape index (κ1) is 16.7. The quantitative estimate of drug-likeness (QED) is 0.929. The van der Waals surface area contributed by atoms with Crippen molar-refractivity contribution in [3.8, 4) is 0 Å². The van der Waals surface area contributed by atoms with E-state index in [4.69, 9.17) is 4.74 Å². The second-order valence-corrected chi connectivity index (χ2v) is 6.84. The highest BCUT2D eigenvalue weighted by Gasteiger charge is 2.29. The molecule has 0 radical (unpaired) electrons. The highest BCUT2D eigenvalue weighted by atomic mass is 19.1. The van der Waals surface area contributed by atoms with Crippen molar-refractivity contribution in [3.05, 3.63) is 35.6 Å². The maximum atomic E-state index is 13.1. The largest absolute Gasteiger partial charge is 0.444 e. The number of nitrogens with zero attached hydrogens (tertiary/aromatic N) is 1. The Kier molecular flexibility index (Phi) is 5.40. The Balaban J connectivity index is 1.71. The highest BCUT2D eigenvalue weighted by Crippen LogP contribution is 2.19. The van der Waals surface area contributed by atoms with Crippen LogP contribution < -0.4 is 5.32 Å². The summed E-state index contributed by atoms with van der Waals surface area (Å²) < 4.78 is 18.5. The zero-order chi connectivity index (χ0) is 16.2. The fourth-order valence-electron chi connectivity index (χ4n) is 2.56. The molecule has 0 spiro atoms. The molecule has 1 aromatic carbocycles.